The van der Waals surface area contributed by atoms with E-state index in [4.69, 9.17) is 4.42 Å². The van der Waals surface area contributed by atoms with Crippen LogP contribution in [0.15, 0.2) is 64.3 Å². The predicted octanol–water partition coefficient (Wildman–Crippen LogP) is 4.06. The van der Waals surface area contributed by atoms with Crippen molar-refractivity contribution < 1.29 is 4.42 Å². The molecule has 4 rings (SSSR count). The van der Waals surface area contributed by atoms with Gasteiger partial charge in [-0.2, -0.15) is 0 Å². The molecule has 0 saturated heterocycles. The van der Waals surface area contributed by atoms with E-state index in [0.717, 1.165) is 27.0 Å². The van der Waals surface area contributed by atoms with Crippen LogP contribution in [0.25, 0.3) is 22.0 Å². The lowest BCUT2D eigenvalue weighted by Gasteiger charge is -2.02. The first-order valence-electron chi connectivity index (χ1n) is 6.57. The van der Waals surface area contributed by atoms with E-state index < -0.39 is 0 Å². The number of oxazole rings is 1. The van der Waals surface area contributed by atoms with Gasteiger partial charge in [0.25, 0.3) is 0 Å². The van der Waals surface area contributed by atoms with Crippen molar-refractivity contribution in [2.75, 3.05) is 0 Å². The number of rotatable bonds is 3. The van der Waals surface area contributed by atoms with Crippen molar-refractivity contribution in [2.24, 2.45) is 0 Å². The highest BCUT2D eigenvalue weighted by atomic mass is 32.2. The van der Waals surface area contributed by atoms with Crippen LogP contribution in [-0.4, -0.2) is 15.0 Å². The Balaban J connectivity index is 1.63. The minimum Gasteiger partial charge on any atom is -0.440 e. The number of para-hydroxylation sites is 3. The van der Waals surface area contributed by atoms with Crippen molar-refractivity contribution in [1.82, 2.24) is 15.0 Å². The largest absolute Gasteiger partial charge is 0.440 e. The summed E-state index contributed by atoms with van der Waals surface area (Å²) in [5.74, 6) is 1.36. The van der Waals surface area contributed by atoms with Gasteiger partial charge in [0.15, 0.2) is 5.58 Å². The molecule has 0 aliphatic carbocycles. The van der Waals surface area contributed by atoms with Gasteiger partial charge in [0.1, 0.15) is 16.9 Å². The van der Waals surface area contributed by atoms with Crippen LogP contribution in [0.1, 0.15) is 5.89 Å². The second-order valence-electron chi connectivity index (χ2n) is 4.56. The van der Waals surface area contributed by atoms with Crippen molar-refractivity contribution in [1.29, 1.82) is 0 Å². The quantitative estimate of drug-likeness (QED) is 0.421. The monoisotopic (exact) mass is 293 g/mol. The van der Waals surface area contributed by atoms with Gasteiger partial charge >= 0.3 is 0 Å². The zero-order valence-corrected chi connectivity index (χ0v) is 11.9. The lowest BCUT2D eigenvalue weighted by Crippen LogP contribution is -1.87. The van der Waals surface area contributed by atoms with Crippen LogP contribution in [0.2, 0.25) is 0 Å². The van der Waals surface area contributed by atoms with Gasteiger partial charge in [-0.1, -0.05) is 42.1 Å². The summed E-state index contributed by atoms with van der Waals surface area (Å²) in [6.45, 7) is 0. The Morgan fingerprint density at radius 2 is 1.71 bits per heavy atom. The molecule has 0 radical (unpaired) electrons. The molecule has 0 N–H and O–H groups in total. The van der Waals surface area contributed by atoms with E-state index in [2.05, 4.69) is 15.0 Å². The molecular formula is C16H11N3OS. The van der Waals surface area contributed by atoms with Crippen LogP contribution in [0, 0.1) is 0 Å². The minimum absolute atomic E-state index is 0.648. The van der Waals surface area contributed by atoms with Crippen molar-refractivity contribution in [3.8, 4) is 0 Å². The number of fused-ring (bicyclic) bond motifs is 2. The van der Waals surface area contributed by atoms with Crippen LogP contribution in [0.5, 0.6) is 0 Å². The zero-order chi connectivity index (χ0) is 14.1. The fraction of sp³-hybridized carbons (Fsp3) is 0.0625. The topological polar surface area (TPSA) is 51.8 Å². The molecule has 2 aromatic heterocycles. The van der Waals surface area contributed by atoms with E-state index in [1.54, 1.807) is 18.1 Å². The van der Waals surface area contributed by atoms with E-state index in [1.807, 2.05) is 48.5 Å². The van der Waals surface area contributed by atoms with E-state index in [9.17, 15) is 0 Å². The number of hydrogen-bond donors (Lipinski definition) is 0. The number of nitrogens with zero attached hydrogens (tertiary/aromatic N) is 3. The fourth-order valence-electron chi connectivity index (χ4n) is 2.21. The Morgan fingerprint density at radius 3 is 2.62 bits per heavy atom. The number of benzene rings is 2. The summed E-state index contributed by atoms with van der Waals surface area (Å²) in [5, 5.41) is 2.00. The molecule has 102 valence electrons. The molecule has 21 heavy (non-hydrogen) atoms. The molecule has 2 aromatic carbocycles. The average Bonchev–Trinajstić information content (AvgIpc) is 2.96. The summed E-state index contributed by atoms with van der Waals surface area (Å²) in [4.78, 5) is 13.1. The van der Waals surface area contributed by atoms with Crippen LogP contribution < -0.4 is 0 Å². The molecule has 0 spiro atoms. The molecule has 0 saturated carbocycles. The Hall–Kier alpha value is -2.40. The number of hydrogen-bond acceptors (Lipinski definition) is 5. The van der Waals surface area contributed by atoms with Crippen LogP contribution in [0.3, 0.4) is 0 Å². The summed E-state index contributed by atoms with van der Waals surface area (Å²) in [6.07, 6.45) is 1.59. The molecule has 0 bridgehead atoms. The number of aromatic nitrogens is 3. The lowest BCUT2D eigenvalue weighted by molar-refractivity contribution is 0.556. The van der Waals surface area contributed by atoms with Crippen molar-refractivity contribution in [2.45, 2.75) is 10.8 Å². The van der Waals surface area contributed by atoms with Crippen molar-refractivity contribution >= 4 is 33.8 Å². The highest BCUT2D eigenvalue weighted by Gasteiger charge is 2.08. The molecule has 4 aromatic rings. The Labute approximate surface area is 125 Å². The maximum atomic E-state index is 5.73. The molecule has 0 fully saturated rings. The first kappa shape index (κ1) is 12.3. The molecule has 5 heteroatoms. The summed E-state index contributed by atoms with van der Waals surface area (Å²) < 4.78 is 5.73. The molecule has 0 atom stereocenters. The van der Waals surface area contributed by atoms with Gasteiger partial charge in [-0.3, -0.25) is 0 Å². The Bertz CT molecular complexity index is 881. The van der Waals surface area contributed by atoms with Crippen LogP contribution >= 0.6 is 11.8 Å². The van der Waals surface area contributed by atoms with Gasteiger partial charge in [0.2, 0.25) is 5.89 Å². The van der Waals surface area contributed by atoms with Crippen molar-refractivity contribution in [3.63, 3.8) is 0 Å². The van der Waals surface area contributed by atoms with Crippen LogP contribution in [-0.2, 0) is 5.75 Å². The third kappa shape index (κ3) is 2.36. The van der Waals surface area contributed by atoms with Crippen LogP contribution in [0.4, 0.5) is 0 Å². The van der Waals surface area contributed by atoms with E-state index in [-0.39, 0.29) is 0 Å². The van der Waals surface area contributed by atoms with E-state index in [0.29, 0.717) is 11.6 Å². The first-order valence-corrected chi connectivity index (χ1v) is 7.56. The number of thioether (sulfide) groups is 1. The fourth-order valence-corrected chi connectivity index (χ4v) is 3.04. The summed E-state index contributed by atoms with van der Waals surface area (Å²) in [5.41, 5.74) is 2.66. The van der Waals surface area contributed by atoms with Gasteiger partial charge in [-0.15, -0.1) is 0 Å². The first-order chi connectivity index (χ1) is 10.4. The highest BCUT2D eigenvalue weighted by Crippen LogP contribution is 2.28. The highest BCUT2D eigenvalue weighted by molar-refractivity contribution is 7.98. The Morgan fingerprint density at radius 1 is 0.905 bits per heavy atom. The normalized spacial score (nSPS) is 11.2. The van der Waals surface area contributed by atoms with Gasteiger partial charge in [0.05, 0.1) is 11.3 Å². The van der Waals surface area contributed by atoms with Gasteiger partial charge in [0, 0.05) is 5.39 Å². The summed E-state index contributed by atoms with van der Waals surface area (Å²) in [6, 6.07) is 15.8. The molecule has 0 aliphatic heterocycles. The predicted molar refractivity (Wildman–Crippen MR) is 83.1 cm³/mol. The minimum atomic E-state index is 0.648. The SMILES string of the molecule is c1ccc2oc(CSc3ncnc4ccccc34)nc2c1. The molecule has 4 nitrogen and oxygen atoms in total. The second kappa shape index (κ2) is 5.18. The molecule has 0 amide bonds. The maximum absolute atomic E-state index is 5.73. The average molecular weight is 293 g/mol. The molecule has 0 aliphatic rings. The molecule has 0 unspecified atom stereocenters. The van der Waals surface area contributed by atoms with Gasteiger partial charge < -0.3 is 4.42 Å². The summed E-state index contributed by atoms with van der Waals surface area (Å²) >= 11 is 1.61. The van der Waals surface area contributed by atoms with Gasteiger partial charge in [-0.25, -0.2) is 15.0 Å². The summed E-state index contributed by atoms with van der Waals surface area (Å²) in [7, 11) is 0. The molecular weight excluding hydrogens is 282 g/mol. The molecule has 2 heterocycles. The third-order valence-corrected chi connectivity index (χ3v) is 4.17. The second-order valence-corrected chi connectivity index (χ2v) is 5.52. The standard InChI is InChI=1S/C16H11N3OS/c1-2-6-12-11(5-1)16(18-10-17-12)21-9-15-19-13-7-3-4-8-14(13)20-15/h1-8,10H,9H2. The van der Waals surface area contributed by atoms with Gasteiger partial charge in [-0.05, 0) is 18.2 Å². The smallest absolute Gasteiger partial charge is 0.205 e. The maximum Gasteiger partial charge on any atom is 0.205 e. The Kier molecular flexibility index (Phi) is 3.05. The lowest BCUT2D eigenvalue weighted by atomic mass is 10.2. The van der Waals surface area contributed by atoms with E-state index in [1.165, 1.54) is 0 Å². The zero-order valence-electron chi connectivity index (χ0n) is 11.1. The van der Waals surface area contributed by atoms with E-state index >= 15 is 0 Å². The third-order valence-electron chi connectivity index (χ3n) is 3.18. The van der Waals surface area contributed by atoms with Crippen molar-refractivity contribution in [3.05, 3.63) is 60.7 Å².